The van der Waals surface area contributed by atoms with Gasteiger partial charge < -0.3 is 25.4 Å². The highest BCUT2D eigenvalue weighted by Crippen LogP contribution is 2.21. The van der Waals surface area contributed by atoms with Gasteiger partial charge in [0.2, 0.25) is 0 Å². The molecule has 154 valence electrons. The van der Waals surface area contributed by atoms with Crippen LogP contribution < -0.4 is 11.1 Å². The van der Waals surface area contributed by atoms with E-state index in [4.69, 9.17) is 10.3 Å². The molecule has 1 unspecified atom stereocenters. The molecule has 0 saturated carbocycles. The highest BCUT2D eigenvalue weighted by molar-refractivity contribution is 6.01. The van der Waals surface area contributed by atoms with Crippen molar-refractivity contribution in [1.82, 2.24) is 20.3 Å². The van der Waals surface area contributed by atoms with Crippen molar-refractivity contribution >= 4 is 17.7 Å². The fourth-order valence-corrected chi connectivity index (χ4v) is 3.22. The molecule has 1 atom stereocenters. The van der Waals surface area contributed by atoms with Crippen molar-refractivity contribution in [2.75, 3.05) is 26.2 Å². The molecule has 1 aromatic heterocycles. The molecule has 1 aliphatic rings. The summed E-state index contributed by atoms with van der Waals surface area (Å²) >= 11 is 0. The van der Waals surface area contributed by atoms with E-state index in [1.807, 2.05) is 0 Å². The molecule has 0 aliphatic carbocycles. The Bertz CT molecular complexity index is 916. The second-order valence-electron chi connectivity index (χ2n) is 6.64. The minimum absolute atomic E-state index is 0.0409. The van der Waals surface area contributed by atoms with E-state index in [1.165, 1.54) is 34.1 Å². The van der Waals surface area contributed by atoms with E-state index >= 15 is 0 Å². The Morgan fingerprint density at radius 2 is 1.97 bits per heavy atom. The van der Waals surface area contributed by atoms with Crippen molar-refractivity contribution in [2.45, 2.75) is 19.5 Å². The van der Waals surface area contributed by atoms with Gasteiger partial charge in [0, 0.05) is 37.8 Å². The molecule has 0 radical (unpaired) electrons. The second-order valence-corrected chi connectivity index (χ2v) is 6.64. The Balaban J connectivity index is 1.94. The molecular formula is C19H22FN5O4. The van der Waals surface area contributed by atoms with Crippen LogP contribution in [0.5, 0.6) is 0 Å². The number of nitrogens with two attached hydrogens (primary N) is 1. The Labute approximate surface area is 166 Å². The number of aryl methyl sites for hydroxylation is 1. The molecule has 2 aromatic rings. The highest BCUT2D eigenvalue weighted by atomic mass is 19.1. The first kappa shape index (κ1) is 20.5. The van der Waals surface area contributed by atoms with E-state index in [0.29, 0.717) is 12.2 Å². The van der Waals surface area contributed by atoms with Gasteiger partial charge in [0.1, 0.15) is 11.6 Å². The van der Waals surface area contributed by atoms with E-state index in [2.05, 4.69) is 10.5 Å². The molecule has 9 nitrogen and oxygen atoms in total. The number of rotatable bonds is 5. The highest BCUT2D eigenvalue weighted by Gasteiger charge is 2.41. The van der Waals surface area contributed by atoms with Crippen LogP contribution in [0.3, 0.4) is 0 Å². The second kappa shape index (κ2) is 8.82. The van der Waals surface area contributed by atoms with E-state index < -0.39 is 29.7 Å². The molecule has 3 N–H and O–H groups in total. The number of nitrogens with zero attached hydrogens (tertiary/aromatic N) is 3. The fraction of sp³-hybridized carbons (Fsp3) is 0.368. The Morgan fingerprint density at radius 1 is 1.24 bits per heavy atom. The summed E-state index contributed by atoms with van der Waals surface area (Å²) in [5.74, 6) is -1.75. The molecule has 0 bridgehead atoms. The lowest BCUT2D eigenvalue weighted by molar-refractivity contribution is -0.132. The summed E-state index contributed by atoms with van der Waals surface area (Å²) in [6.45, 7) is 2.51. The number of nitrogens with one attached hydrogen (secondary N) is 1. The molecule has 1 aromatic carbocycles. The molecule has 10 heteroatoms. The number of amides is 3. The Morgan fingerprint density at radius 3 is 2.59 bits per heavy atom. The van der Waals surface area contributed by atoms with Crippen LogP contribution in [0, 0.1) is 12.7 Å². The van der Waals surface area contributed by atoms with E-state index in [9.17, 15) is 18.8 Å². The van der Waals surface area contributed by atoms with Gasteiger partial charge in [-0.25, -0.2) is 4.39 Å². The average molecular weight is 403 g/mol. The molecule has 2 heterocycles. The number of hydrogen-bond donors (Lipinski definition) is 2. The minimum Gasteiger partial charge on any atom is -0.361 e. The van der Waals surface area contributed by atoms with Gasteiger partial charge in [0.15, 0.2) is 11.9 Å². The molecule has 1 fully saturated rings. The van der Waals surface area contributed by atoms with Gasteiger partial charge >= 0.3 is 0 Å². The van der Waals surface area contributed by atoms with E-state index in [1.54, 1.807) is 6.92 Å². The van der Waals surface area contributed by atoms with Crippen LogP contribution in [-0.4, -0.2) is 65.0 Å². The number of halogens is 1. The van der Waals surface area contributed by atoms with Gasteiger partial charge in [0.25, 0.3) is 17.7 Å². The van der Waals surface area contributed by atoms with E-state index in [0.717, 1.165) is 6.07 Å². The van der Waals surface area contributed by atoms with Crippen LogP contribution in [0.15, 0.2) is 34.9 Å². The lowest BCUT2D eigenvalue weighted by atomic mass is 10.1. The van der Waals surface area contributed by atoms with Gasteiger partial charge in [-0.2, -0.15) is 0 Å². The van der Waals surface area contributed by atoms with E-state index in [-0.39, 0.29) is 37.4 Å². The first-order valence-electron chi connectivity index (χ1n) is 9.21. The maximum atomic E-state index is 13.6. The standard InChI is InChI=1S/C19H22FN5O4/c1-12-10-15(23-29-12)19(28)25-9-3-8-24(17(25)16(26)22-7-6-21)18(27)13-4-2-5-14(20)11-13/h2,4-5,10-11,17H,3,6-9,21H2,1H3,(H,22,26). The number of benzene rings is 1. The van der Waals surface area contributed by atoms with Gasteiger partial charge in [-0.05, 0) is 31.5 Å². The molecule has 3 rings (SSSR count). The van der Waals surface area contributed by atoms with Gasteiger partial charge in [-0.1, -0.05) is 11.2 Å². The first-order valence-corrected chi connectivity index (χ1v) is 9.21. The van der Waals surface area contributed by atoms with Crippen molar-refractivity contribution < 1.29 is 23.3 Å². The quantitative estimate of drug-likeness (QED) is 0.750. The van der Waals surface area contributed by atoms with Crippen molar-refractivity contribution in [3.05, 3.63) is 53.2 Å². The molecule has 29 heavy (non-hydrogen) atoms. The monoisotopic (exact) mass is 403 g/mol. The Kier molecular flexibility index (Phi) is 6.23. The summed E-state index contributed by atoms with van der Waals surface area (Å²) in [4.78, 5) is 41.4. The number of carbonyl (C=O) groups is 3. The van der Waals surface area contributed by atoms with Crippen LogP contribution in [0.1, 0.15) is 33.0 Å². The number of hydrogen-bond acceptors (Lipinski definition) is 6. The van der Waals surface area contributed by atoms with Crippen LogP contribution in [0.2, 0.25) is 0 Å². The van der Waals surface area contributed by atoms with Gasteiger partial charge in [0.05, 0.1) is 0 Å². The topological polar surface area (TPSA) is 122 Å². The predicted octanol–water partition coefficient (Wildman–Crippen LogP) is 0.511. The zero-order chi connectivity index (χ0) is 21.0. The van der Waals surface area contributed by atoms with Crippen LogP contribution in [0.4, 0.5) is 4.39 Å². The first-order chi connectivity index (χ1) is 13.9. The number of aromatic nitrogens is 1. The third kappa shape index (κ3) is 4.43. The molecule has 0 spiro atoms. The third-order valence-electron chi connectivity index (χ3n) is 4.51. The Hall–Kier alpha value is -3.27. The molecule has 1 aliphatic heterocycles. The van der Waals surface area contributed by atoms with Gasteiger partial charge in [-0.3, -0.25) is 14.4 Å². The fourth-order valence-electron chi connectivity index (χ4n) is 3.22. The molecular weight excluding hydrogens is 381 g/mol. The summed E-state index contributed by atoms with van der Waals surface area (Å²) in [5, 5.41) is 6.34. The van der Waals surface area contributed by atoms with Crippen LogP contribution in [0.25, 0.3) is 0 Å². The van der Waals surface area contributed by atoms with Crippen LogP contribution >= 0.6 is 0 Å². The maximum absolute atomic E-state index is 13.6. The summed E-state index contributed by atoms with van der Waals surface area (Å²) in [7, 11) is 0. The summed E-state index contributed by atoms with van der Waals surface area (Å²) in [6, 6.07) is 6.66. The van der Waals surface area contributed by atoms with Crippen molar-refractivity contribution in [1.29, 1.82) is 0 Å². The minimum atomic E-state index is -1.21. The average Bonchev–Trinajstić information content (AvgIpc) is 3.16. The maximum Gasteiger partial charge on any atom is 0.278 e. The lowest BCUT2D eigenvalue weighted by Gasteiger charge is -2.42. The summed E-state index contributed by atoms with van der Waals surface area (Å²) in [5.41, 5.74) is 5.59. The summed E-state index contributed by atoms with van der Waals surface area (Å²) < 4.78 is 18.6. The zero-order valence-corrected chi connectivity index (χ0v) is 15.9. The molecule has 3 amide bonds. The van der Waals surface area contributed by atoms with Crippen molar-refractivity contribution in [3.8, 4) is 0 Å². The normalized spacial score (nSPS) is 16.6. The molecule has 1 saturated heterocycles. The van der Waals surface area contributed by atoms with Gasteiger partial charge in [-0.15, -0.1) is 0 Å². The van der Waals surface area contributed by atoms with Crippen LogP contribution in [-0.2, 0) is 4.79 Å². The largest absolute Gasteiger partial charge is 0.361 e. The number of carbonyl (C=O) groups excluding carboxylic acids is 3. The lowest BCUT2D eigenvalue weighted by Crippen LogP contribution is -2.63. The van der Waals surface area contributed by atoms with Crippen molar-refractivity contribution in [3.63, 3.8) is 0 Å². The smallest absolute Gasteiger partial charge is 0.278 e. The van der Waals surface area contributed by atoms with Crippen molar-refractivity contribution in [2.24, 2.45) is 5.73 Å². The predicted molar refractivity (Wildman–Crippen MR) is 100 cm³/mol. The summed E-state index contributed by atoms with van der Waals surface area (Å²) in [6.07, 6.45) is -0.764. The third-order valence-corrected chi connectivity index (χ3v) is 4.51. The SMILES string of the molecule is Cc1cc(C(=O)N2CCCN(C(=O)c3cccc(F)c3)C2C(=O)NCCN)no1. The zero-order valence-electron chi connectivity index (χ0n) is 15.9.